The Morgan fingerprint density at radius 1 is 0.458 bits per heavy atom. The Hall–Kier alpha value is -9.01. The van der Waals surface area contributed by atoms with Crippen LogP contribution in [0.25, 0.3) is 33.5 Å². The van der Waals surface area contributed by atoms with E-state index in [1.807, 2.05) is 0 Å². The topological polar surface area (TPSA) is 623 Å². The second-order valence-electron chi connectivity index (χ2n) is 40.3. The first-order chi connectivity index (χ1) is 64.8. The Labute approximate surface area is 860 Å². The highest BCUT2D eigenvalue weighted by Gasteiger charge is 2.49. The molecular weight excluding hydrogens is 1930 g/mol. The molecule has 0 spiro atoms. The van der Waals surface area contributed by atoms with Gasteiger partial charge in [-0.25, -0.2) is 64.6 Å². The number of carbonyl (C=O) groups excluding carboxylic acids is 6. The molecule has 14 rings (SSSR count). The number of urea groups is 1. The molecule has 820 valence electrons. The number of esters is 2. The summed E-state index contributed by atoms with van der Waals surface area (Å²) >= 11 is 6.15. The Bertz CT molecular complexity index is 4710. The lowest BCUT2D eigenvalue weighted by molar-refractivity contribution is -0.160. The van der Waals surface area contributed by atoms with Crippen LogP contribution in [-0.2, 0) is 56.6 Å². The monoisotopic (exact) mass is 2100 g/mol. The predicted octanol–water partition coefficient (Wildman–Crippen LogP) is 15.6. The summed E-state index contributed by atoms with van der Waals surface area (Å²) in [5.41, 5.74) is 19.8. The first-order valence-corrected chi connectivity index (χ1v) is 57.6. The Morgan fingerprint density at radius 3 is 1.01 bits per heavy atom. The van der Waals surface area contributed by atoms with Crippen molar-refractivity contribution in [3.8, 4) is 0 Å². The van der Waals surface area contributed by atoms with E-state index in [2.05, 4.69) is 188 Å². The van der Waals surface area contributed by atoms with Gasteiger partial charge in [-0.3, -0.25) is 28.1 Å². The number of carboxylic acid groups (broad SMARTS) is 1. The fourth-order valence-corrected chi connectivity index (χ4v) is 16.3. The number of carbonyl (C=O) groups is 7. The number of nitrogens with one attached hydrogen (secondary N) is 3. The van der Waals surface area contributed by atoms with E-state index >= 15 is 0 Å². The van der Waals surface area contributed by atoms with E-state index in [1.54, 1.807) is 27.9 Å². The van der Waals surface area contributed by atoms with Crippen LogP contribution < -0.4 is 27.8 Å². The lowest BCUT2D eigenvalue weighted by Crippen LogP contribution is -2.47. The molecule has 6 unspecified atom stereocenters. The average Bonchev–Trinajstić information content (AvgIpc) is 1.63. The zero-order chi connectivity index (χ0) is 103. The number of rotatable bonds is 23. The summed E-state index contributed by atoms with van der Waals surface area (Å²) in [5, 5.41) is 85.2. The van der Waals surface area contributed by atoms with Crippen molar-refractivity contribution in [2.24, 2.45) is 9.98 Å². The van der Waals surface area contributed by atoms with Crippen LogP contribution in [0, 0.1) is 0 Å². The van der Waals surface area contributed by atoms with Crippen LogP contribution in [-0.4, -0.2) is 280 Å². The molecule has 3 aliphatic heterocycles. The zero-order valence-corrected chi connectivity index (χ0v) is 87.4. The molecule has 7 aromatic rings. The molecule has 7 fully saturated rings. The van der Waals surface area contributed by atoms with Crippen molar-refractivity contribution >= 4 is 133 Å². The number of fused-ring (bicyclic) bond motifs is 3. The maximum atomic E-state index is 11.8. The van der Waals surface area contributed by atoms with Gasteiger partial charge in [-0.05, 0) is 113 Å². The van der Waals surface area contributed by atoms with Crippen molar-refractivity contribution in [3.05, 3.63) is 56.7 Å². The maximum Gasteiger partial charge on any atom is 0.315 e. The van der Waals surface area contributed by atoms with E-state index in [1.165, 1.54) is 166 Å². The number of aliphatic carboxylic acids is 1. The predicted molar refractivity (Wildman–Crippen MR) is 570 cm³/mol. The summed E-state index contributed by atoms with van der Waals surface area (Å²) in [6.07, 6.45) is 27.6. The van der Waals surface area contributed by atoms with Crippen molar-refractivity contribution < 1.29 is 102 Å². The summed E-state index contributed by atoms with van der Waals surface area (Å²) in [6, 6.07) is 4.97. The van der Waals surface area contributed by atoms with Crippen LogP contribution >= 0.6 is 11.1 Å². The van der Waals surface area contributed by atoms with Gasteiger partial charge in [0.25, 0.3) is 0 Å². The molecule has 0 aromatic carbocycles. The van der Waals surface area contributed by atoms with E-state index < -0.39 is 122 Å². The quantitative estimate of drug-likeness (QED) is 0.00930. The molecule has 7 aliphatic rings. The number of halogens is 1. The smallest absolute Gasteiger partial charge is 0.315 e. The number of aliphatic imine (C=N–C) groups is 2. The number of aliphatic hydroxyl groups is 7. The minimum absolute atomic E-state index is 0. The van der Waals surface area contributed by atoms with Gasteiger partial charge >= 0.3 is 23.9 Å². The number of ketones is 3. The Morgan fingerprint density at radius 2 is 0.757 bits per heavy atom. The standard InChI is InChI=1S/2C16H27N5O4Si.C13H24N2O.C13H22N2.C10H13N5O4.C10H14O5.C6H15ClSi.C5H8O3.C3H4N2.6CH4/c2*1-16(2,3)26(4,5)24-6-9-11(22)12(23)15(25-9)21-8-20-10-13(17)18-7-19-14(10)21;16-13(14-11-7-3-1-4-8-11)15-12-9-5-2-6-10-12;1-3-7-12(8-4-1)14-11-15-13-9-5-2-6-10-13;11-8-5-9(13-2-12-8)15(3-14-5)10-7(18)6(17)4(1-16)19-10;1-7(11)3-5-9(13)15-10(14)6-4-8(2)12;1-6(2,3)8(4,5)7;1-4(6)2-3-5(7)8;1-2-5-3-4-1;;;;;;/h2*7-9,11-12,15,22-23H,6H2,1-5H3,(H2,17,18,19);11-12H,1-10H2,(H2,14,15,16);12-13H,1-10H2;2-4,6-7,10,16-18H,1H2,(H2,11,12,13);3-6H2,1-2H3;1-5H3;2-3H2,1H3,(H,7,8);1-3H,(H,4,5);6*1H4/t2*9?,11-,12+,15?;;;4?,6-,7+,10?;;;;;;;;;;/m11..1........../s1. The van der Waals surface area contributed by atoms with Crippen molar-refractivity contribution in [2.45, 2.75) is 447 Å². The van der Waals surface area contributed by atoms with Crippen LogP contribution in [0.15, 0.2) is 66.7 Å². The fourth-order valence-electron chi connectivity index (χ4n) is 14.3. The van der Waals surface area contributed by atoms with Crippen LogP contribution in [0.3, 0.4) is 0 Å². The molecule has 144 heavy (non-hydrogen) atoms. The lowest BCUT2D eigenvalue weighted by Gasteiger charge is -2.37. The number of ether oxygens (including phenoxy) is 4. The van der Waals surface area contributed by atoms with Crippen LogP contribution in [0.1, 0.15) is 313 Å². The van der Waals surface area contributed by atoms with Crippen molar-refractivity contribution in [1.29, 1.82) is 0 Å². The van der Waals surface area contributed by atoms with Crippen LogP contribution in [0.2, 0.25) is 54.4 Å². The molecule has 0 radical (unpaired) electrons. The molecule has 7 aromatic heterocycles. The number of aromatic amines is 1. The van der Waals surface area contributed by atoms with E-state index in [9.17, 15) is 64.2 Å². The molecule has 4 saturated carbocycles. The number of imidazole rings is 4. The van der Waals surface area contributed by atoms with Crippen molar-refractivity contribution in [2.75, 3.05) is 37.0 Å². The number of hydrogen-bond donors (Lipinski definition) is 14. The van der Waals surface area contributed by atoms with Gasteiger partial charge in [-0.2, -0.15) is 11.1 Å². The van der Waals surface area contributed by atoms with Crippen molar-refractivity contribution in [1.82, 2.24) is 79.2 Å². The molecule has 17 N–H and O–H groups in total. The molecular formula is C98H178ClN21O21Si3. The van der Waals surface area contributed by atoms with Gasteiger partial charge in [0.15, 0.2) is 77.1 Å². The fraction of sp³-hybridized carbons (Fsp3) is 0.735. The summed E-state index contributed by atoms with van der Waals surface area (Å²) in [5.74, 6) is -1.99. The molecule has 3 saturated heterocycles. The number of anilines is 3. The first-order valence-electron chi connectivity index (χ1n) is 47.8. The molecule has 2 amide bonds. The van der Waals surface area contributed by atoms with Crippen molar-refractivity contribution in [3.63, 3.8) is 0 Å². The van der Waals surface area contributed by atoms with Crippen LogP contribution in [0.4, 0.5) is 22.2 Å². The summed E-state index contributed by atoms with van der Waals surface area (Å²) in [4.78, 5) is 126. The lowest BCUT2D eigenvalue weighted by atomic mass is 9.95. The SMILES string of the molecule is C.C.C.C.C.C.C(=NC1CCCCC1)=NC1CCCCC1.CC(=O)CCC(=O)O.CC(=O)CCC(=O)OC(=O)CCC(C)=O.CC(C)(C)[Si](C)(C)Cl.CC(C)(C)[Si](C)(C)OCC1OC(n2cnc3c(N)ncnc32)[C@@H](O)[C@@H]1O.CC(C)(C)[Si](C)(C)OCC1OC(n2cnc3c(N)ncnc32)[C@@H](O)[C@@H]1O.Nc1ncnc2c1ncn2C1OC(CO)[C@@H](O)[C@@H]1O.O=C(NC1CCCCC1)NC1CCCCC1.c1c[nH]cn1. The van der Waals surface area contributed by atoms with Gasteiger partial charge in [-0.15, -0.1) is 0 Å². The number of hydrogen-bond acceptors (Lipinski definition) is 35. The Balaban J connectivity index is 0.00000164. The highest BCUT2D eigenvalue weighted by atomic mass is 35.6. The zero-order valence-electron chi connectivity index (χ0n) is 83.6. The number of nitrogens with two attached hydrogens (primary N) is 3. The second-order valence-corrected chi connectivity index (χ2v) is 57.2. The molecule has 0 bridgehead atoms. The minimum Gasteiger partial charge on any atom is -0.481 e. The van der Waals surface area contributed by atoms with E-state index in [0.717, 1.165) is 25.7 Å². The summed E-state index contributed by atoms with van der Waals surface area (Å²) in [7, 11) is -5.37. The Kier molecular flexibility index (Phi) is 60.3. The second kappa shape index (κ2) is 64.3. The number of aliphatic hydroxyl groups excluding tert-OH is 7. The van der Waals surface area contributed by atoms with E-state index in [-0.39, 0.29) is 147 Å². The number of Topliss-reactive ketones (excluding diaryl/α,β-unsaturated/α-hetero) is 3. The third-order valence-corrected chi connectivity index (χ3v) is 40.3. The number of nitrogens with zero attached hydrogens (tertiary/aromatic N) is 15. The number of H-pyrrole nitrogens is 1. The van der Waals surface area contributed by atoms with Gasteiger partial charge in [0.05, 0.1) is 82.5 Å². The molecule has 46 heteroatoms. The largest absolute Gasteiger partial charge is 0.481 e. The number of amides is 2. The molecule has 10 heterocycles. The summed E-state index contributed by atoms with van der Waals surface area (Å²) < 4.78 is 38.4. The minimum atomic E-state index is -1.99. The number of aromatic nitrogens is 14. The van der Waals surface area contributed by atoms with Gasteiger partial charge in [0.2, 0.25) is 0 Å². The van der Waals surface area contributed by atoms with Gasteiger partial charge in [-0.1, -0.05) is 197 Å². The van der Waals surface area contributed by atoms with Gasteiger partial charge < -0.3 is 116 Å². The average molecular weight is 2110 g/mol. The third-order valence-electron chi connectivity index (χ3n) is 26.0. The molecule has 42 nitrogen and oxygen atoms in total. The number of nitrogen functional groups attached to an aromatic ring is 3. The van der Waals surface area contributed by atoms with Crippen LogP contribution in [0.5, 0.6) is 0 Å². The number of carboxylic acids is 1. The highest BCUT2D eigenvalue weighted by Crippen LogP contribution is 2.42. The van der Waals surface area contributed by atoms with Gasteiger partial charge in [0.1, 0.15) is 108 Å². The third kappa shape index (κ3) is 43.4. The first kappa shape index (κ1) is 135. The van der Waals surface area contributed by atoms with E-state index in [0.29, 0.717) is 62.7 Å². The van der Waals surface area contributed by atoms with E-state index in [4.69, 9.17) is 61.6 Å². The normalized spacial score (nSPS) is 21.7. The molecule has 12 atom stereocenters. The summed E-state index contributed by atoms with van der Waals surface area (Å²) in [6.45, 7) is 36.5. The van der Waals surface area contributed by atoms with Gasteiger partial charge in [0, 0.05) is 43.7 Å². The highest BCUT2D eigenvalue weighted by molar-refractivity contribution is 7.20. The maximum absolute atomic E-state index is 11.8. The molecule has 4 aliphatic carbocycles.